The molecule has 106 valence electrons. The molecule has 3 unspecified atom stereocenters. The Morgan fingerprint density at radius 2 is 2.33 bits per heavy atom. The molecular formula is C13H27N3O2. The van der Waals surface area contributed by atoms with Crippen molar-refractivity contribution in [3.63, 3.8) is 0 Å². The van der Waals surface area contributed by atoms with Crippen molar-refractivity contribution < 1.29 is 9.53 Å². The van der Waals surface area contributed by atoms with Gasteiger partial charge in [0.15, 0.2) is 0 Å². The first-order valence-electron chi connectivity index (χ1n) is 6.82. The Hall–Kier alpha value is -0.650. The molecule has 1 amide bonds. The van der Waals surface area contributed by atoms with Crippen LogP contribution >= 0.6 is 0 Å². The number of ether oxygens (including phenoxy) is 1. The van der Waals surface area contributed by atoms with Crippen molar-refractivity contribution in [2.45, 2.75) is 38.8 Å². The van der Waals surface area contributed by atoms with Gasteiger partial charge in [-0.3, -0.25) is 9.69 Å². The van der Waals surface area contributed by atoms with E-state index >= 15 is 0 Å². The molecule has 0 aromatic rings. The van der Waals surface area contributed by atoms with Gasteiger partial charge in [-0.25, -0.2) is 0 Å². The highest BCUT2D eigenvalue weighted by atomic mass is 16.5. The summed E-state index contributed by atoms with van der Waals surface area (Å²) in [6.07, 6.45) is 1.83. The number of hydrogen-bond acceptors (Lipinski definition) is 4. The van der Waals surface area contributed by atoms with E-state index in [-0.39, 0.29) is 18.0 Å². The van der Waals surface area contributed by atoms with Gasteiger partial charge >= 0.3 is 0 Å². The molecule has 3 atom stereocenters. The number of nitrogens with two attached hydrogens (primary N) is 1. The van der Waals surface area contributed by atoms with Crippen LogP contribution in [0.4, 0.5) is 0 Å². The lowest BCUT2D eigenvalue weighted by molar-refractivity contribution is -0.126. The number of rotatable bonds is 6. The van der Waals surface area contributed by atoms with Crippen molar-refractivity contribution in [2.24, 2.45) is 11.7 Å². The number of hydrogen-bond donors (Lipinski definition) is 2. The van der Waals surface area contributed by atoms with Crippen LogP contribution in [0.2, 0.25) is 0 Å². The van der Waals surface area contributed by atoms with E-state index in [9.17, 15) is 4.79 Å². The molecule has 18 heavy (non-hydrogen) atoms. The van der Waals surface area contributed by atoms with Crippen LogP contribution in [0.25, 0.3) is 0 Å². The van der Waals surface area contributed by atoms with E-state index in [1.165, 1.54) is 0 Å². The van der Waals surface area contributed by atoms with Crippen LogP contribution in [0, 0.1) is 5.92 Å². The van der Waals surface area contributed by atoms with Crippen LogP contribution in [0.15, 0.2) is 0 Å². The molecule has 1 saturated heterocycles. The van der Waals surface area contributed by atoms with E-state index in [1.54, 1.807) is 7.11 Å². The van der Waals surface area contributed by atoms with Gasteiger partial charge in [-0.1, -0.05) is 6.92 Å². The number of piperidine rings is 1. The highest BCUT2D eigenvalue weighted by molar-refractivity contribution is 5.81. The number of carbonyl (C=O) groups is 1. The zero-order valence-electron chi connectivity index (χ0n) is 11.8. The van der Waals surface area contributed by atoms with E-state index < -0.39 is 0 Å². The Morgan fingerprint density at radius 1 is 1.61 bits per heavy atom. The lowest BCUT2D eigenvalue weighted by atomic mass is 9.94. The number of carbonyl (C=O) groups excluding carboxylic acids is 1. The number of nitrogens with zero attached hydrogens (tertiary/aromatic N) is 1. The molecule has 1 aliphatic rings. The predicted octanol–water partition coefficient (Wildman–Crippen LogP) is 0.197. The Kier molecular flexibility index (Phi) is 6.60. The molecule has 1 heterocycles. The summed E-state index contributed by atoms with van der Waals surface area (Å²) in [6, 6.07) is 0.209. The van der Waals surface area contributed by atoms with Gasteiger partial charge in [-0.05, 0) is 25.7 Å². The average Bonchev–Trinajstić information content (AvgIpc) is 2.37. The molecular weight excluding hydrogens is 230 g/mol. The maximum Gasteiger partial charge on any atom is 0.237 e. The third-order valence-corrected chi connectivity index (χ3v) is 3.75. The van der Waals surface area contributed by atoms with Crippen molar-refractivity contribution in [1.29, 1.82) is 0 Å². The molecule has 1 aliphatic heterocycles. The van der Waals surface area contributed by atoms with Gasteiger partial charge in [-0.15, -0.1) is 0 Å². The predicted molar refractivity (Wildman–Crippen MR) is 72.3 cm³/mol. The zero-order chi connectivity index (χ0) is 13.5. The molecule has 1 fully saturated rings. The monoisotopic (exact) mass is 257 g/mol. The number of amides is 1. The van der Waals surface area contributed by atoms with Crippen LogP contribution in [-0.2, 0) is 9.53 Å². The van der Waals surface area contributed by atoms with Crippen LogP contribution < -0.4 is 11.1 Å². The minimum atomic E-state index is -0.0671. The quantitative estimate of drug-likeness (QED) is 0.667. The standard InChI is InChI=1S/C13H27N3O2/c1-10-9-16(7-5-12(10)14)11(2)13(17)15-6-4-8-18-3/h10-12H,4-9,14H2,1-3H3,(H,15,17). The highest BCUT2D eigenvalue weighted by Gasteiger charge is 2.28. The molecule has 0 spiro atoms. The summed E-state index contributed by atoms with van der Waals surface area (Å²) < 4.78 is 4.95. The van der Waals surface area contributed by atoms with Gasteiger partial charge in [0.1, 0.15) is 0 Å². The minimum absolute atomic E-state index is 0.0671. The largest absolute Gasteiger partial charge is 0.385 e. The molecule has 0 aromatic heterocycles. The van der Waals surface area contributed by atoms with E-state index in [0.717, 1.165) is 25.9 Å². The van der Waals surface area contributed by atoms with Crippen LogP contribution in [0.3, 0.4) is 0 Å². The van der Waals surface area contributed by atoms with Gasteiger partial charge in [0.05, 0.1) is 6.04 Å². The van der Waals surface area contributed by atoms with Gasteiger partial charge in [0.2, 0.25) is 5.91 Å². The molecule has 0 saturated carbocycles. The summed E-state index contributed by atoms with van der Waals surface area (Å²) in [5, 5.41) is 2.95. The SMILES string of the molecule is COCCCNC(=O)C(C)N1CCC(N)C(C)C1. The third kappa shape index (κ3) is 4.55. The normalized spacial score (nSPS) is 26.9. The lowest BCUT2D eigenvalue weighted by Gasteiger charge is -2.38. The molecule has 0 aromatic carbocycles. The topological polar surface area (TPSA) is 67.6 Å². The molecule has 0 aliphatic carbocycles. The smallest absolute Gasteiger partial charge is 0.237 e. The first-order chi connectivity index (χ1) is 8.56. The summed E-state index contributed by atoms with van der Waals surface area (Å²) in [5.74, 6) is 0.566. The van der Waals surface area contributed by atoms with E-state index in [2.05, 4.69) is 17.1 Å². The average molecular weight is 257 g/mol. The summed E-state index contributed by atoms with van der Waals surface area (Å²) in [4.78, 5) is 14.2. The maximum absolute atomic E-state index is 12.0. The Bertz CT molecular complexity index is 261. The number of methoxy groups -OCH3 is 1. The van der Waals surface area contributed by atoms with E-state index in [0.29, 0.717) is 19.1 Å². The van der Waals surface area contributed by atoms with Crippen LogP contribution in [-0.4, -0.2) is 56.2 Å². The van der Waals surface area contributed by atoms with Gasteiger partial charge < -0.3 is 15.8 Å². The Morgan fingerprint density at radius 3 is 2.94 bits per heavy atom. The van der Waals surface area contributed by atoms with E-state index in [4.69, 9.17) is 10.5 Å². The fourth-order valence-electron chi connectivity index (χ4n) is 2.29. The lowest BCUT2D eigenvalue weighted by Crippen LogP contribution is -2.53. The Balaban J connectivity index is 2.30. The molecule has 3 N–H and O–H groups in total. The maximum atomic E-state index is 12.0. The molecule has 0 radical (unpaired) electrons. The van der Waals surface area contributed by atoms with Gasteiger partial charge in [0, 0.05) is 39.4 Å². The van der Waals surface area contributed by atoms with Crippen LogP contribution in [0.1, 0.15) is 26.7 Å². The summed E-state index contributed by atoms with van der Waals surface area (Å²) in [6.45, 7) is 7.31. The van der Waals surface area contributed by atoms with Crippen LogP contribution in [0.5, 0.6) is 0 Å². The van der Waals surface area contributed by atoms with Crippen molar-refractivity contribution in [3.8, 4) is 0 Å². The summed E-state index contributed by atoms with van der Waals surface area (Å²) in [7, 11) is 1.67. The second-order valence-corrected chi connectivity index (χ2v) is 5.24. The fourth-order valence-corrected chi connectivity index (χ4v) is 2.29. The summed E-state index contributed by atoms with van der Waals surface area (Å²) in [5.41, 5.74) is 5.99. The van der Waals surface area contributed by atoms with Gasteiger partial charge in [-0.2, -0.15) is 0 Å². The highest BCUT2D eigenvalue weighted by Crippen LogP contribution is 2.17. The van der Waals surface area contributed by atoms with Crippen molar-refractivity contribution >= 4 is 5.91 Å². The fraction of sp³-hybridized carbons (Fsp3) is 0.923. The van der Waals surface area contributed by atoms with Crippen molar-refractivity contribution in [2.75, 3.05) is 33.4 Å². The second kappa shape index (κ2) is 7.71. The summed E-state index contributed by atoms with van der Waals surface area (Å²) >= 11 is 0. The number of likely N-dealkylation sites (tertiary alicyclic amines) is 1. The first kappa shape index (κ1) is 15.4. The van der Waals surface area contributed by atoms with Gasteiger partial charge in [0.25, 0.3) is 0 Å². The second-order valence-electron chi connectivity index (χ2n) is 5.24. The van der Waals surface area contributed by atoms with Crippen molar-refractivity contribution in [3.05, 3.63) is 0 Å². The third-order valence-electron chi connectivity index (χ3n) is 3.75. The molecule has 5 heteroatoms. The molecule has 0 bridgehead atoms. The number of nitrogens with one attached hydrogen (secondary N) is 1. The van der Waals surface area contributed by atoms with E-state index in [1.807, 2.05) is 6.92 Å². The van der Waals surface area contributed by atoms with Crippen molar-refractivity contribution in [1.82, 2.24) is 10.2 Å². The first-order valence-corrected chi connectivity index (χ1v) is 6.82. The minimum Gasteiger partial charge on any atom is -0.385 e. The zero-order valence-corrected chi connectivity index (χ0v) is 11.8. The molecule has 5 nitrogen and oxygen atoms in total. The molecule has 1 rings (SSSR count). The Labute approximate surface area is 110 Å².